The van der Waals surface area contributed by atoms with Gasteiger partial charge in [0.15, 0.2) is 0 Å². The van der Waals surface area contributed by atoms with Crippen molar-refractivity contribution in [2.45, 2.75) is 44.8 Å². The Hall–Kier alpha value is -0.580. The normalized spacial score (nSPS) is 24.9. The van der Waals surface area contributed by atoms with Crippen LogP contribution >= 0.6 is 15.9 Å². The second kappa shape index (κ2) is 5.90. The van der Waals surface area contributed by atoms with E-state index in [9.17, 15) is 0 Å². The first-order valence-electron chi connectivity index (χ1n) is 7.94. The molecule has 21 heavy (non-hydrogen) atoms. The maximum Gasteiger partial charge on any atom is 0.124 e. The van der Waals surface area contributed by atoms with Crippen molar-refractivity contribution in [2.24, 2.45) is 11.7 Å². The molecule has 0 amide bonds. The quantitative estimate of drug-likeness (QED) is 0.881. The molecule has 1 atom stereocenters. The van der Waals surface area contributed by atoms with Gasteiger partial charge in [-0.15, -0.1) is 0 Å². The van der Waals surface area contributed by atoms with Gasteiger partial charge in [0.1, 0.15) is 11.4 Å². The van der Waals surface area contributed by atoms with E-state index in [4.69, 9.17) is 10.5 Å². The minimum atomic E-state index is -0.0479. The highest BCUT2D eigenvalue weighted by Crippen LogP contribution is 2.44. The Labute approximate surface area is 136 Å². The van der Waals surface area contributed by atoms with Crippen molar-refractivity contribution in [3.05, 3.63) is 28.2 Å². The van der Waals surface area contributed by atoms with Gasteiger partial charge in [0.05, 0.1) is 0 Å². The van der Waals surface area contributed by atoms with Crippen LogP contribution in [-0.2, 0) is 0 Å². The Balaban J connectivity index is 1.73. The lowest BCUT2D eigenvalue weighted by Gasteiger charge is -2.46. The van der Waals surface area contributed by atoms with Gasteiger partial charge >= 0.3 is 0 Å². The number of nitrogens with two attached hydrogens (primary N) is 1. The third-order valence-corrected chi connectivity index (χ3v) is 5.17. The van der Waals surface area contributed by atoms with E-state index in [1.54, 1.807) is 0 Å². The van der Waals surface area contributed by atoms with E-state index in [2.05, 4.69) is 46.8 Å². The molecule has 3 rings (SSSR count). The van der Waals surface area contributed by atoms with Gasteiger partial charge in [0.25, 0.3) is 0 Å². The topological polar surface area (TPSA) is 38.5 Å². The van der Waals surface area contributed by atoms with Gasteiger partial charge in [-0.3, -0.25) is 0 Å². The summed E-state index contributed by atoms with van der Waals surface area (Å²) in [5.41, 5.74) is 7.51. The maximum atomic E-state index is 6.42. The highest BCUT2D eigenvalue weighted by molar-refractivity contribution is 9.10. The van der Waals surface area contributed by atoms with Crippen LogP contribution in [0.2, 0.25) is 0 Å². The lowest BCUT2D eigenvalue weighted by molar-refractivity contribution is -0.0236. The molecule has 1 aromatic rings. The second-order valence-electron chi connectivity index (χ2n) is 6.97. The Morgan fingerprint density at radius 2 is 2.10 bits per heavy atom. The van der Waals surface area contributed by atoms with E-state index in [1.807, 2.05) is 6.07 Å². The fourth-order valence-electron chi connectivity index (χ4n) is 3.65. The molecule has 2 N–H and O–H groups in total. The highest BCUT2D eigenvalue weighted by atomic mass is 79.9. The third-order valence-electron chi connectivity index (χ3n) is 4.68. The molecule has 2 aliphatic heterocycles. The van der Waals surface area contributed by atoms with E-state index in [0.717, 1.165) is 54.1 Å². The average Bonchev–Trinajstić information content (AvgIpc) is 2.42. The molecule has 0 saturated carbocycles. The second-order valence-corrected chi connectivity index (χ2v) is 7.89. The molecular weight excluding hydrogens is 328 g/mol. The molecule has 0 radical (unpaired) electrons. The number of likely N-dealkylation sites (tertiary alicyclic amines) is 1. The minimum absolute atomic E-state index is 0.0479. The number of fused-ring (bicyclic) bond motifs is 1. The zero-order valence-electron chi connectivity index (χ0n) is 12.9. The van der Waals surface area contributed by atoms with Crippen LogP contribution in [-0.4, -0.2) is 30.1 Å². The molecule has 2 heterocycles. The number of hydrogen-bond donors (Lipinski definition) is 1. The van der Waals surface area contributed by atoms with Crippen LogP contribution in [0.1, 0.15) is 44.7 Å². The molecule has 0 bridgehead atoms. The SMILES string of the molecule is CC(C)CN1CCC2(CC1)C[C@H](N)c1cc(Br)ccc1O2. The molecule has 0 aliphatic carbocycles. The Kier molecular flexibility index (Phi) is 4.30. The van der Waals surface area contributed by atoms with Crippen LogP contribution in [0, 0.1) is 5.92 Å². The van der Waals surface area contributed by atoms with Crippen LogP contribution < -0.4 is 10.5 Å². The molecule has 4 heteroatoms. The zero-order valence-corrected chi connectivity index (χ0v) is 14.5. The molecule has 116 valence electrons. The van der Waals surface area contributed by atoms with Crippen molar-refractivity contribution in [1.82, 2.24) is 4.90 Å². The van der Waals surface area contributed by atoms with Gasteiger partial charge in [-0.25, -0.2) is 0 Å². The van der Waals surface area contributed by atoms with Crippen molar-refractivity contribution in [3.8, 4) is 5.75 Å². The molecule has 1 spiro atoms. The van der Waals surface area contributed by atoms with Crippen molar-refractivity contribution >= 4 is 15.9 Å². The van der Waals surface area contributed by atoms with E-state index in [-0.39, 0.29) is 11.6 Å². The largest absolute Gasteiger partial charge is 0.487 e. The van der Waals surface area contributed by atoms with E-state index in [1.165, 1.54) is 6.54 Å². The molecule has 1 aromatic carbocycles. The zero-order chi connectivity index (χ0) is 15.0. The van der Waals surface area contributed by atoms with Gasteiger partial charge < -0.3 is 15.4 Å². The first-order valence-corrected chi connectivity index (χ1v) is 8.73. The summed E-state index contributed by atoms with van der Waals surface area (Å²) in [6, 6.07) is 6.28. The van der Waals surface area contributed by atoms with Crippen molar-refractivity contribution < 1.29 is 4.74 Å². The monoisotopic (exact) mass is 352 g/mol. The van der Waals surface area contributed by atoms with Crippen molar-refractivity contribution in [3.63, 3.8) is 0 Å². The molecule has 1 fully saturated rings. The number of piperidine rings is 1. The van der Waals surface area contributed by atoms with Crippen LogP contribution in [0.15, 0.2) is 22.7 Å². The number of halogens is 1. The fourth-order valence-corrected chi connectivity index (χ4v) is 4.03. The van der Waals surface area contributed by atoms with Crippen LogP contribution in [0.5, 0.6) is 5.75 Å². The first-order chi connectivity index (χ1) is 9.97. The standard InChI is InChI=1S/C17H25BrN2O/c1-12(2)11-20-7-5-17(6-8-20)10-15(19)14-9-13(18)3-4-16(14)21-17/h3-4,9,12,15H,5-8,10-11,19H2,1-2H3/t15-/m0/s1. The average molecular weight is 353 g/mol. The summed E-state index contributed by atoms with van der Waals surface area (Å²) in [6.45, 7) is 8.00. The summed E-state index contributed by atoms with van der Waals surface area (Å²) < 4.78 is 7.48. The van der Waals surface area contributed by atoms with Crippen LogP contribution in [0.4, 0.5) is 0 Å². The Bertz CT molecular complexity index is 510. The van der Waals surface area contributed by atoms with Crippen molar-refractivity contribution in [1.29, 1.82) is 0 Å². The Morgan fingerprint density at radius 1 is 1.38 bits per heavy atom. The van der Waals surface area contributed by atoms with E-state index < -0.39 is 0 Å². The number of hydrogen-bond acceptors (Lipinski definition) is 3. The number of nitrogens with zero attached hydrogens (tertiary/aromatic N) is 1. The number of rotatable bonds is 2. The third kappa shape index (κ3) is 3.27. The predicted octanol–water partition coefficient (Wildman–Crippen LogP) is 3.72. The summed E-state index contributed by atoms with van der Waals surface area (Å²) >= 11 is 3.52. The van der Waals surface area contributed by atoms with Gasteiger partial charge in [0.2, 0.25) is 0 Å². The van der Waals surface area contributed by atoms with E-state index >= 15 is 0 Å². The predicted molar refractivity (Wildman–Crippen MR) is 89.6 cm³/mol. The van der Waals surface area contributed by atoms with Gasteiger partial charge in [-0.05, 0) is 37.0 Å². The first kappa shape index (κ1) is 15.3. The summed E-state index contributed by atoms with van der Waals surface area (Å²) in [5, 5.41) is 0. The summed E-state index contributed by atoms with van der Waals surface area (Å²) in [5.74, 6) is 1.71. The lowest BCUT2D eigenvalue weighted by Crippen LogP contribution is -2.51. The van der Waals surface area contributed by atoms with Gasteiger partial charge in [0, 0.05) is 42.1 Å². The molecule has 3 nitrogen and oxygen atoms in total. The smallest absolute Gasteiger partial charge is 0.124 e. The number of benzene rings is 1. The summed E-state index contributed by atoms with van der Waals surface area (Å²) in [4.78, 5) is 2.56. The highest BCUT2D eigenvalue weighted by Gasteiger charge is 2.42. The van der Waals surface area contributed by atoms with Gasteiger partial charge in [-0.1, -0.05) is 29.8 Å². The minimum Gasteiger partial charge on any atom is -0.487 e. The molecule has 0 unspecified atom stereocenters. The van der Waals surface area contributed by atoms with E-state index in [0.29, 0.717) is 0 Å². The molecule has 2 aliphatic rings. The van der Waals surface area contributed by atoms with Gasteiger partial charge in [-0.2, -0.15) is 0 Å². The molecule has 0 aromatic heterocycles. The summed E-state index contributed by atoms with van der Waals surface area (Å²) in [6.07, 6.45) is 3.11. The maximum absolute atomic E-state index is 6.42. The fraction of sp³-hybridized carbons (Fsp3) is 0.647. The summed E-state index contributed by atoms with van der Waals surface area (Å²) in [7, 11) is 0. The van der Waals surface area contributed by atoms with Crippen LogP contribution in [0.25, 0.3) is 0 Å². The molecular formula is C17H25BrN2O. The molecule has 1 saturated heterocycles. The Morgan fingerprint density at radius 3 is 2.76 bits per heavy atom. The van der Waals surface area contributed by atoms with Crippen LogP contribution in [0.3, 0.4) is 0 Å². The number of ether oxygens (including phenoxy) is 1. The lowest BCUT2D eigenvalue weighted by atomic mass is 9.81. The van der Waals surface area contributed by atoms with Crippen molar-refractivity contribution in [2.75, 3.05) is 19.6 Å².